The number of rotatable bonds is 4. The maximum atomic E-state index is 13.1. The average molecular weight is 380 g/mol. The first kappa shape index (κ1) is 17.9. The maximum absolute atomic E-state index is 13.1. The lowest BCUT2D eigenvalue weighted by atomic mass is 10.1. The summed E-state index contributed by atoms with van der Waals surface area (Å²) >= 11 is 0. The van der Waals surface area contributed by atoms with E-state index in [0.717, 1.165) is 11.1 Å². The summed E-state index contributed by atoms with van der Waals surface area (Å²) in [4.78, 5) is 24.8. The number of ether oxygens (including phenoxy) is 2. The van der Waals surface area contributed by atoms with E-state index < -0.39 is 5.56 Å². The van der Waals surface area contributed by atoms with Gasteiger partial charge in [0.05, 0.1) is 18.9 Å². The Hall–Kier alpha value is -3.48. The van der Waals surface area contributed by atoms with Crippen molar-refractivity contribution in [3.63, 3.8) is 0 Å². The number of fused-ring (bicyclic) bond motifs is 1. The van der Waals surface area contributed by atoms with E-state index in [4.69, 9.17) is 9.47 Å². The second kappa shape index (κ2) is 7.64. The van der Waals surface area contributed by atoms with E-state index in [1.165, 1.54) is 18.2 Å². The Morgan fingerprint density at radius 1 is 1.00 bits per heavy atom. The van der Waals surface area contributed by atoms with Gasteiger partial charge in [0.1, 0.15) is 12.4 Å². The number of ketones is 1. The molecule has 0 saturated carbocycles. The first-order valence-corrected chi connectivity index (χ1v) is 8.87. The van der Waals surface area contributed by atoms with Crippen molar-refractivity contribution in [1.29, 1.82) is 0 Å². The SMILES string of the molecule is O=C(Cn1nc(-c2ccc(F)cc2)ccc1=O)c1ccc2c(c1)OCCCO2. The van der Waals surface area contributed by atoms with Gasteiger partial charge in [0.15, 0.2) is 17.3 Å². The Morgan fingerprint density at radius 3 is 2.54 bits per heavy atom. The molecule has 0 spiro atoms. The number of carbonyl (C=O) groups excluding carboxylic acids is 1. The van der Waals surface area contributed by atoms with Gasteiger partial charge < -0.3 is 9.47 Å². The smallest absolute Gasteiger partial charge is 0.267 e. The molecule has 28 heavy (non-hydrogen) atoms. The van der Waals surface area contributed by atoms with Crippen LogP contribution in [0.5, 0.6) is 11.5 Å². The first-order chi connectivity index (χ1) is 13.6. The van der Waals surface area contributed by atoms with Crippen LogP contribution in [0.15, 0.2) is 59.4 Å². The van der Waals surface area contributed by atoms with Gasteiger partial charge in [0, 0.05) is 23.6 Å². The number of hydrogen-bond acceptors (Lipinski definition) is 5. The summed E-state index contributed by atoms with van der Waals surface area (Å²) in [6.45, 7) is 0.870. The van der Waals surface area contributed by atoms with Crippen molar-refractivity contribution in [2.45, 2.75) is 13.0 Å². The van der Waals surface area contributed by atoms with Crippen molar-refractivity contribution in [2.24, 2.45) is 0 Å². The Labute approximate surface area is 160 Å². The van der Waals surface area contributed by atoms with Gasteiger partial charge in [-0.3, -0.25) is 9.59 Å². The molecule has 0 radical (unpaired) electrons. The summed E-state index contributed by atoms with van der Waals surface area (Å²) in [5.41, 5.74) is 1.14. The second-order valence-corrected chi connectivity index (χ2v) is 6.36. The molecule has 6 nitrogen and oxygen atoms in total. The number of benzene rings is 2. The van der Waals surface area contributed by atoms with Crippen LogP contribution in [0.25, 0.3) is 11.3 Å². The van der Waals surface area contributed by atoms with E-state index >= 15 is 0 Å². The molecule has 0 saturated heterocycles. The van der Waals surface area contributed by atoms with Crippen molar-refractivity contribution in [2.75, 3.05) is 13.2 Å². The van der Waals surface area contributed by atoms with E-state index in [0.29, 0.717) is 41.5 Å². The lowest BCUT2D eigenvalue weighted by Gasteiger charge is -2.10. The Bertz CT molecular complexity index is 1080. The lowest BCUT2D eigenvalue weighted by Crippen LogP contribution is -2.26. The summed E-state index contributed by atoms with van der Waals surface area (Å²) < 4.78 is 25.4. The van der Waals surface area contributed by atoms with E-state index in [-0.39, 0.29) is 18.1 Å². The molecule has 4 rings (SSSR count). The van der Waals surface area contributed by atoms with Crippen molar-refractivity contribution >= 4 is 5.78 Å². The monoisotopic (exact) mass is 380 g/mol. The topological polar surface area (TPSA) is 70.4 Å². The molecule has 0 amide bonds. The normalized spacial score (nSPS) is 13.0. The standard InChI is InChI=1S/C21H17FN2O4/c22-16-5-2-14(3-6-16)17-7-9-21(26)24(23-17)13-18(25)15-4-8-19-20(12-15)28-11-1-10-27-19/h2-9,12H,1,10-11,13H2. The fourth-order valence-electron chi connectivity index (χ4n) is 2.90. The van der Waals surface area contributed by atoms with Crippen LogP contribution < -0.4 is 15.0 Å². The molecule has 2 heterocycles. The van der Waals surface area contributed by atoms with Gasteiger partial charge in [0.2, 0.25) is 0 Å². The molecule has 1 aliphatic heterocycles. The van der Waals surface area contributed by atoms with Crippen LogP contribution in [0.2, 0.25) is 0 Å². The fourth-order valence-corrected chi connectivity index (χ4v) is 2.90. The molecule has 0 unspecified atom stereocenters. The highest BCUT2D eigenvalue weighted by Gasteiger charge is 2.15. The number of carbonyl (C=O) groups is 1. The predicted octanol–water partition coefficient (Wildman–Crippen LogP) is 3.09. The lowest BCUT2D eigenvalue weighted by molar-refractivity contribution is 0.0965. The molecule has 0 aliphatic carbocycles. The Balaban J connectivity index is 1.59. The molecular formula is C21H17FN2O4. The molecule has 3 aromatic rings. The Morgan fingerprint density at radius 2 is 1.75 bits per heavy atom. The van der Waals surface area contributed by atoms with Gasteiger partial charge >= 0.3 is 0 Å². The highest BCUT2D eigenvalue weighted by Crippen LogP contribution is 2.30. The minimum atomic E-state index is -0.395. The van der Waals surface area contributed by atoms with Crippen molar-refractivity contribution < 1.29 is 18.7 Å². The Kier molecular flexibility index (Phi) is 4.89. The van der Waals surface area contributed by atoms with Crippen LogP contribution in [-0.4, -0.2) is 28.8 Å². The molecule has 142 valence electrons. The molecule has 0 bridgehead atoms. The number of nitrogens with zero attached hydrogens (tertiary/aromatic N) is 2. The van der Waals surface area contributed by atoms with Gasteiger partial charge in [-0.1, -0.05) is 0 Å². The molecule has 7 heteroatoms. The number of halogens is 1. The minimum absolute atomic E-state index is 0.215. The van der Waals surface area contributed by atoms with E-state index in [2.05, 4.69) is 5.10 Å². The third-order valence-corrected chi connectivity index (χ3v) is 4.37. The van der Waals surface area contributed by atoms with Crippen LogP contribution >= 0.6 is 0 Å². The zero-order chi connectivity index (χ0) is 19.5. The summed E-state index contributed by atoms with van der Waals surface area (Å²) in [5.74, 6) is 0.481. The number of aromatic nitrogens is 2. The first-order valence-electron chi connectivity index (χ1n) is 8.87. The molecule has 1 aromatic heterocycles. The summed E-state index contributed by atoms with van der Waals surface area (Å²) in [5, 5.41) is 4.25. The van der Waals surface area contributed by atoms with Gasteiger partial charge in [-0.2, -0.15) is 5.10 Å². The van der Waals surface area contributed by atoms with Crippen LogP contribution in [-0.2, 0) is 6.54 Å². The van der Waals surface area contributed by atoms with Crippen LogP contribution in [0.3, 0.4) is 0 Å². The largest absolute Gasteiger partial charge is 0.490 e. The molecule has 0 N–H and O–H groups in total. The van der Waals surface area contributed by atoms with Gasteiger partial charge in [0.25, 0.3) is 5.56 Å². The molecule has 0 atom stereocenters. The van der Waals surface area contributed by atoms with Crippen LogP contribution in [0.1, 0.15) is 16.8 Å². The van der Waals surface area contributed by atoms with E-state index in [9.17, 15) is 14.0 Å². The summed E-state index contributed by atoms with van der Waals surface area (Å²) in [6.07, 6.45) is 0.771. The predicted molar refractivity (Wildman–Crippen MR) is 100 cm³/mol. The van der Waals surface area contributed by atoms with Crippen LogP contribution in [0, 0.1) is 5.82 Å². The average Bonchev–Trinajstić information content (AvgIpc) is 2.95. The molecule has 1 aliphatic rings. The van der Waals surface area contributed by atoms with Gasteiger partial charge in [-0.05, 0) is 48.5 Å². The number of hydrogen-bond donors (Lipinski definition) is 0. The van der Waals surface area contributed by atoms with Gasteiger partial charge in [-0.25, -0.2) is 9.07 Å². The third-order valence-electron chi connectivity index (χ3n) is 4.37. The van der Waals surface area contributed by atoms with Crippen molar-refractivity contribution in [3.8, 4) is 22.8 Å². The second-order valence-electron chi connectivity index (χ2n) is 6.36. The fraction of sp³-hybridized carbons (Fsp3) is 0.190. The van der Waals surface area contributed by atoms with Crippen molar-refractivity contribution in [1.82, 2.24) is 9.78 Å². The van der Waals surface area contributed by atoms with Gasteiger partial charge in [-0.15, -0.1) is 0 Å². The summed E-state index contributed by atoms with van der Waals surface area (Å²) in [7, 11) is 0. The minimum Gasteiger partial charge on any atom is -0.490 e. The zero-order valence-corrected chi connectivity index (χ0v) is 14.9. The zero-order valence-electron chi connectivity index (χ0n) is 14.9. The molecule has 0 fully saturated rings. The highest BCUT2D eigenvalue weighted by molar-refractivity contribution is 5.96. The van der Waals surface area contributed by atoms with Crippen LogP contribution in [0.4, 0.5) is 4.39 Å². The quantitative estimate of drug-likeness (QED) is 0.651. The van der Waals surface area contributed by atoms with E-state index in [1.54, 1.807) is 36.4 Å². The highest BCUT2D eigenvalue weighted by atomic mass is 19.1. The third kappa shape index (κ3) is 3.78. The summed E-state index contributed by atoms with van der Waals surface area (Å²) in [6, 6.07) is 13.6. The van der Waals surface area contributed by atoms with E-state index in [1.807, 2.05) is 0 Å². The van der Waals surface area contributed by atoms with Crippen molar-refractivity contribution in [3.05, 3.63) is 76.3 Å². The molecule has 2 aromatic carbocycles. The molecular weight excluding hydrogens is 363 g/mol. The number of Topliss-reactive ketones (excluding diaryl/α,β-unsaturated/α-hetero) is 1. The maximum Gasteiger partial charge on any atom is 0.267 e.